The van der Waals surface area contributed by atoms with Crippen molar-refractivity contribution in [2.24, 2.45) is 0 Å². The molecular formula is C22H26N2O3. The summed E-state index contributed by atoms with van der Waals surface area (Å²) in [5, 5.41) is 0. The van der Waals surface area contributed by atoms with Crippen LogP contribution in [0.2, 0.25) is 0 Å². The third-order valence-electron chi connectivity index (χ3n) is 4.89. The molecule has 0 unspecified atom stereocenters. The molecule has 27 heavy (non-hydrogen) atoms. The van der Waals surface area contributed by atoms with Crippen LogP contribution < -0.4 is 14.4 Å². The van der Waals surface area contributed by atoms with Gasteiger partial charge < -0.3 is 24.0 Å². The molecule has 5 heteroatoms. The van der Waals surface area contributed by atoms with Gasteiger partial charge in [0.1, 0.15) is 6.61 Å². The number of hydrogen-bond acceptors (Lipinski definition) is 5. The fourth-order valence-corrected chi connectivity index (χ4v) is 3.49. The average molecular weight is 366 g/mol. The molecule has 0 aliphatic carbocycles. The molecule has 0 amide bonds. The predicted octanol–water partition coefficient (Wildman–Crippen LogP) is 3.66. The van der Waals surface area contributed by atoms with Gasteiger partial charge in [-0.1, -0.05) is 30.3 Å². The van der Waals surface area contributed by atoms with Crippen molar-refractivity contribution in [2.75, 3.05) is 44.3 Å². The summed E-state index contributed by atoms with van der Waals surface area (Å²) in [6, 6.07) is 16.3. The quantitative estimate of drug-likeness (QED) is 0.807. The van der Waals surface area contributed by atoms with E-state index >= 15 is 0 Å². The van der Waals surface area contributed by atoms with E-state index in [0.717, 1.165) is 50.0 Å². The Morgan fingerprint density at radius 2 is 1.70 bits per heavy atom. The van der Waals surface area contributed by atoms with Gasteiger partial charge in [-0.25, -0.2) is 0 Å². The molecule has 0 bridgehead atoms. The fraction of sp³-hybridized carbons (Fsp3) is 0.364. The Morgan fingerprint density at radius 1 is 0.963 bits per heavy atom. The summed E-state index contributed by atoms with van der Waals surface area (Å²) in [6.07, 6.45) is 2.10. The molecule has 1 fully saturated rings. The van der Waals surface area contributed by atoms with E-state index in [0.29, 0.717) is 13.2 Å². The van der Waals surface area contributed by atoms with Gasteiger partial charge in [0, 0.05) is 50.2 Å². The van der Waals surface area contributed by atoms with Crippen molar-refractivity contribution >= 4 is 5.69 Å². The normalized spacial score (nSPS) is 18.0. The van der Waals surface area contributed by atoms with Crippen LogP contribution >= 0.6 is 0 Å². The maximum absolute atomic E-state index is 5.97. The Balaban J connectivity index is 1.37. The number of hydrogen-bond donors (Lipinski definition) is 0. The molecule has 0 radical (unpaired) electrons. The molecule has 0 saturated carbocycles. The van der Waals surface area contributed by atoms with Crippen molar-refractivity contribution in [3.05, 3.63) is 66.1 Å². The summed E-state index contributed by atoms with van der Waals surface area (Å²) >= 11 is 0. The van der Waals surface area contributed by atoms with E-state index in [9.17, 15) is 0 Å². The van der Waals surface area contributed by atoms with Crippen molar-refractivity contribution in [3.8, 4) is 11.5 Å². The lowest BCUT2D eigenvalue weighted by Crippen LogP contribution is -2.44. The van der Waals surface area contributed by atoms with Gasteiger partial charge in [-0.2, -0.15) is 0 Å². The highest BCUT2D eigenvalue weighted by atomic mass is 16.6. The number of benzene rings is 2. The first-order valence-electron chi connectivity index (χ1n) is 9.58. The Bertz CT molecular complexity index is 798. The van der Waals surface area contributed by atoms with E-state index < -0.39 is 0 Å². The zero-order valence-corrected chi connectivity index (χ0v) is 15.8. The second-order valence-electron chi connectivity index (χ2n) is 6.72. The van der Waals surface area contributed by atoms with Gasteiger partial charge >= 0.3 is 0 Å². The van der Waals surface area contributed by atoms with Gasteiger partial charge in [0.05, 0.1) is 6.61 Å². The molecule has 0 N–H and O–H groups in total. The lowest BCUT2D eigenvalue weighted by molar-refractivity contribution is 0.134. The van der Waals surface area contributed by atoms with Crippen molar-refractivity contribution < 1.29 is 14.2 Å². The summed E-state index contributed by atoms with van der Waals surface area (Å²) in [7, 11) is 0. The molecule has 2 aromatic rings. The van der Waals surface area contributed by atoms with Crippen molar-refractivity contribution in [1.82, 2.24) is 4.90 Å². The van der Waals surface area contributed by atoms with Crippen LogP contribution in [0.1, 0.15) is 12.5 Å². The van der Waals surface area contributed by atoms with E-state index in [-0.39, 0.29) is 0 Å². The highest BCUT2D eigenvalue weighted by Crippen LogP contribution is 2.32. The molecule has 5 nitrogen and oxygen atoms in total. The number of ether oxygens (including phenoxy) is 3. The van der Waals surface area contributed by atoms with Gasteiger partial charge in [0.25, 0.3) is 0 Å². The molecule has 1 saturated heterocycles. The number of piperazine rings is 1. The second kappa shape index (κ2) is 8.35. The van der Waals surface area contributed by atoms with Gasteiger partial charge in [-0.15, -0.1) is 0 Å². The molecule has 2 aromatic carbocycles. The largest absolute Gasteiger partial charge is 0.482 e. The van der Waals surface area contributed by atoms with Crippen molar-refractivity contribution in [1.29, 1.82) is 0 Å². The molecule has 4 rings (SSSR count). The van der Waals surface area contributed by atoms with Crippen LogP contribution in [0.4, 0.5) is 5.69 Å². The standard InChI is InChI=1S/C22H26N2O3/c1-2-25-16-18-7-3-4-8-20(18)24-13-11-23(12-14-24)15-19-17-26-21-9-5-6-10-22(21)27-19/h3-10,15H,2,11-14,16-17H2,1H3. The average Bonchev–Trinajstić information content (AvgIpc) is 2.73. The van der Waals surface area contributed by atoms with E-state index in [4.69, 9.17) is 14.2 Å². The van der Waals surface area contributed by atoms with Gasteiger partial charge in [0.15, 0.2) is 17.3 Å². The molecule has 0 spiro atoms. The fourth-order valence-electron chi connectivity index (χ4n) is 3.49. The Labute approximate surface area is 160 Å². The third kappa shape index (κ3) is 4.19. The Hall–Kier alpha value is -2.66. The number of anilines is 1. The minimum atomic E-state index is 0.481. The van der Waals surface area contributed by atoms with E-state index in [1.807, 2.05) is 31.2 Å². The molecular weight excluding hydrogens is 340 g/mol. The first-order valence-corrected chi connectivity index (χ1v) is 9.58. The molecule has 2 aliphatic rings. The second-order valence-corrected chi connectivity index (χ2v) is 6.72. The van der Waals surface area contributed by atoms with Crippen LogP contribution in [0.3, 0.4) is 0 Å². The maximum atomic E-state index is 5.97. The first-order chi connectivity index (χ1) is 13.3. The summed E-state index contributed by atoms with van der Waals surface area (Å²) in [5.41, 5.74) is 2.54. The zero-order chi connectivity index (χ0) is 18.5. The maximum Gasteiger partial charge on any atom is 0.169 e. The van der Waals surface area contributed by atoms with E-state index in [1.165, 1.54) is 11.3 Å². The van der Waals surface area contributed by atoms with Crippen LogP contribution in [-0.2, 0) is 11.3 Å². The third-order valence-corrected chi connectivity index (χ3v) is 4.89. The minimum Gasteiger partial charge on any atom is -0.482 e. The van der Waals surface area contributed by atoms with Crippen LogP contribution in [0.25, 0.3) is 0 Å². The summed E-state index contributed by atoms with van der Waals surface area (Å²) in [6.45, 7) is 7.78. The number of fused-ring (bicyclic) bond motifs is 1. The molecule has 0 atom stereocenters. The van der Waals surface area contributed by atoms with Gasteiger partial charge in [-0.05, 0) is 25.1 Å². The Kier molecular flexibility index (Phi) is 5.49. The van der Waals surface area contributed by atoms with Crippen molar-refractivity contribution in [3.63, 3.8) is 0 Å². The minimum absolute atomic E-state index is 0.481. The number of para-hydroxylation sites is 3. The highest BCUT2D eigenvalue weighted by Gasteiger charge is 2.20. The van der Waals surface area contributed by atoms with Crippen LogP contribution in [0.15, 0.2) is 60.5 Å². The molecule has 2 heterocycles. The van der Waals surface area contributed by atoms with E-state index in [1.54, 1.807) is 0 Å². The predicted molar refractivity (Wildman–Crippen MR) is 106 cm³/mol. The van der Waals surface area contributed by atoms with Crippen LogP contribution in [0.5, 0.6) is 11.5 Å². The summed E-state index contributed by atoms with van der Waals surface area (Å²) < 4.78 is 17.4. The molecule has 142 valence electrons. The SMILES string of the molecule is CCOCc1ccccc1N1CCN(C=C2COc3ccccc3O2)CC1. The first kappa shape index (κ1) is 17.7. The lowest BCUT2D eigenvalue weighted by Gasteiger charge is -2.37. The molecule has 0 aromatic heterocycles. The summed E-state index contributed by atoms with van der Waals surface area (Å²) in [4.78, 5) is 4.76. The number of nitrogens with zero attached hydrogens (tertiary/aromatic N) is 2. The molecule has 2 aliphatic heterocycles. The Morgan fingerprint density at radius 3 is 2.52 bits per heavy atom. The van der Waals surface area contributed by atoms with Crippen LogP contribution in [0, 0.1) is 0 Å². The number of rotatable bonds is 5. The van der Waals surface area contributed by atoms with Crippen LogP contribution in [-0.4, -0.2) is 44.3 Å². The topological polar surface area (TPSA) is 34.2 Å². The van der Waals surface area contributed by atoms with Gasteiger partial charge in [0.2, 0.25) is 0 Å². The lowest BCUT2D eigenvalue weighted by atomic mass is 10.1. The van der Waals surface area contributed by atoms with Crippen molar-refractivity contribution in [2.45, 2.75) is 13.5 Å². The van der Waals surface area contributed by atoms with Gasteiger partial charge in [-0.3, -0.25) is 0 Å². The van der Waals surface area contributed by atoms with E-state index in [2.05, 4.69) is 40.3 Å². The zero-order valence-electron chi connectivity index (χ0n) is 15.8. The summed E-state index contributed by atoms with van der Waals surface area (Å²) in [5.74, 6) is 2.46. The highest BCUT2D eigenvalue weighted by molar-refractivity contribution is 5.54. The smallest absolute Gasteiger partial charge is 0.169 e. The monoisotopic (exact) mass is 366 g/mol.